The Morgan fingerprint density at radius 3 is 2.78 bits per heavy atom. The minimum atomic E-state index is 0.689. The highest BCUT2D eigenvalue weighted by molar-refractivity contribution is 9.10. The number of rotatable bonds is 3. The van der Waals surface area contributed by atoms with Gasteiger partial charge in [-0.15, -0.1) is 0 Å². The number of benzene rings is 1. The summed E-state index contributed by atoms with van der Waals surface area (Å²) in [5.41, 5.74) is 1.86. The average Bonchev–Trinajstić information content (AvgIpc) is 2.39. The summed E-state index contributed by atoms with van der Waals surface area (Å²) in [4.78, 5) is 2.28. The number of hydrogen-bond acceptors (Lipinski definition) is 3. The molecule has 1 aromatic carbocycles. The zero-order valence-corrected chi connectivity index (χ0v) is 12.2. The Labute approximate surface area is 117 Å². The molecule has 0 saturated carbocycles. The Kier molecular flexibility index (Phi) is 4.62. The number of halogens is 1. The third-order valence-electron chi connectivity index (χ3n) is 3.50. The van der Waals surface area contributed by atoms with Crippen molar-refractivity contribution in [3.05, 3.63) is 28.2 Å². The topological polar surface area (TPSA) is 39.1 Å². The summed E-state index contributed by atoms with van der Waals surface area (Å²) in [5, 5.41) is 12.3. The fraction of sp³-hybridized carbons (Fsp3) is 0.500. The van der Waals surface area contributed by atoms with E-state index in [0.717, 1.165) is 30.0 Å². The van der Waals surface area contributed by atoms with Crippen molar-refractivity contribution in [1.29, 1.82) is 5.26 Å². The number of nitrogens with zero attached hydrogens (tertiary/aromatic N) is 2. The van der Waals surface area contributed by atoms with Gasteiger partial charge in [-0.1, -0.05) is 0 Å². The Morgan fingerprint density at radius 1 is 1.44 bits per heavy atom. The fourth-order valence-electron chi connectivity index (χ4n) is 2.39. The summed E-state index contributed by atoms with van der Waals surface area (Å²) in [6.45, 7) is 3.35. The van der Waals surface area contributed by atoms with E-state index in [-0.39, 0.29) is 0 Å². The highest BCUT2D eigenvalue weighted by atomic mass is 79.9. The fourth-order valence-corrected chi connectivity index (χ4v) is 2.84. The number of nitriles is 1. The standard InChI is InChI=1S/C14H18BrN3/c1-18(10-11-4-6-17-7-5-11)13-3-2-12(9-16)14(15)8-13/h2-3,8,11,17H,4-7,10H2,1H3. The maximum absolute atomic E-state index is 8.91. The van der Waals surface area contributed by atoms with E-state index in [4.69, 9.17) is 5.26 Å². The van der Waals surface area contributed by atoms with Gasteiger partial charge in [0.15, 0.2) is 0 Å². The quantitative estimate of drug-likeness (QED) is 0.933. The number of hydrogen-bond donors (Lipinski definition) is 1. The van der Waals surface area contributed by atoms with Gasteiger partial charge in [-0.05, 0) is 66.0 Å². The van der Waals surface area contributed by atoms with Crippen molar-refractivity contribution < 1.29 is 0 Å². The van der Waals surface area contributed by atoms with E-state index in [1.807, 2.05) is 18.2 Å². The summed E-state index contributed by atoms with van der Waals surface area (Å²) in [6.07, 6.45) is 2.50. The van der Waals surface area contributed by atoms with E-state index in [1.165, 1.54) is 18.5 Å². The van der Waals surface area contributed by atoms with Crippen LogP contribution >= 0.6 is 15.9 Å². The van der Waals surface area contributed by atoms with Crippen molar-refractivity contribution in [2.75, 3.05) is 31.6 Å². The van der Waals surface area contributed by atoms with Crippen molar-refractivity contribution in [2.45, 2.75) is 12.8 Å². The SMILES string of the molecule is CN(CC1CCNCC1)c1ccc(C#N)c(Br)c1. The van der Waals surface area contributed by atoms with Crippen LogP contribution < -0.4 is 10.2 Å². The molecule has 3 nitrogen and oxygen atoms in total. The molecule has 0 bridgehead atoms. The number of piperidine rings is 1. The van der Waals surface area contributed by atoms with Gasteiger partial charge in [0.05, 0.1) is 5.56 Å². The normalized spacial score (nSPS) is 16.3. The first-order valence-corrected chi connectivity index (χ1v) is 7.11. The van der Waals surface area contributed by atoms with E-state index in [9.17, 15) is 0 Å². The molecule has 1 N–H and O–H groups in total. The lowest BCUT2D eigenvalue weighted by molar-refractivity contribution is 0.378. The van der Waals surface area contributed by atoms with E-state index >= 15 is 0 Å². The van der Waals surface area contributed by atoms with Crippen LogP contribution in [0.1, 0.15) is 18.4 Å². The predicted octanol–water partition coefficient (Wildman–Crippen LogP) is 2.76. The zero-order valence-electron chi connectivity index (χ0n) is 10.6. The largest absolute Gasteiger partial charge is 0.374 e. The highest BCUT2D eigenvalue weighted by Gasteiger charge is 2.15. The van der Waals surface area contributed by atoms with Crippen LogP contribution in [0.5, 0.6) is 0 Å². The van der Waals surface area contributed by atoms with Crippen LogP contribution in [0.25, 0.3) is 0 Å². The second-order valence-electron chi connectivity index (χ2n) is 4.85. The van der Waals surface area contributed by atoms with Gasteiger partial charge in [-0.2, -0.15) is 5.26 Å². The van der Waals surface area contributed by atoms with Crippen molar-refractivity contribution in [3.63, 3.8) is 0 Å². The zero-order chi connectivity index (χ0) is 13.0. The average molecular weight is 308 g/mol. The van der Waals surface area contributed by atoms with Crippen molar-refractivity contribution in [2.24, 2.45) is 5.92 Å². The molecule has 1 saturated heterocycles. The van der Waals surface area contributed by atoms with E-state index in [0.29, 0.717) is 5.56 Å². The summed E-state index contributed by atoms with van der Waals surface area (Å²) < 4.78 is 0.875. The molecule has 1 aliphatic heterocycles. The summed E-state index contributed by atoms with van der Waals surface area (Å²) in [5.74, 6) is 0.769. The van der Waals surface area contributed by atoms with E-state index in [2.05, 4.69) is 39.3 Å². The Hall–Kier alpha value is -1.05. The second-order valence-corrected chi connectivity index (χ2v) is 5.70. The third kappa shape index (κ3) is 3.24. The van der Waals surface area contributed by atoms with Gasteiger partial charge in [-0.3, -0.25) is 0 Å². The lowest BCUT2D eigenvalue weighted by atomic mass is 9.97. The first-order valence-electron chi connectivity index (χ1n) is 6.32. The molecular weight excluding hydrogens is 290 g/mol. The molecule has 1 aromatic rings. The predicted molar refractivity (Wildman–Crippen MR) is 77.7 cm³/mol. The Balaban J connectivity index is 2.02. The number of anilines is 1. The van der Waals surface area contributed by atoms with Crippen LogP contribution in [0, 0.1) is 17.2 Å². The van der Waals surface area contributed by atoms with Crippen LogP contribution in [0.15, 0.2) is 22.7 Å². The van der Waals surface area contributed by atoms with E-state index < -0.39 is 0 Å². The van der Waals surface area contributed by atoms with Crippen LogP contribution in [0.3, 0.4) is 0 Å². The molecule has 0 unspecified atom stereocenters. The third-order valence-corrected chi connectivity index (χ3v) is 4.16. The van der Waals surface area contributed by atoms with Gasteiger partial charge in [0.2, 0.25) is 0 Å². The molecule has 0 spiro atoms. The van der Waals surface area contributed by atoms with E-state index in [1.54, 1.807) is 0 Å². The van der Waals surface area contributed by atoms with Crippen LogP contribution in [-0.2, 0) is 0 Å². The first-order chi connectivity index (χ1) is 8.70. The molecule has 0 aliphatic carbocycles. The monoisotopic (exact) mass is 307 g/mol. The van der Waals surface area contributed by atoms with Gasteiger partial charge in [0.1, 0.15) is 6.07 Å². The lowest BCUT2D eigenvalue weighted by Gasteiger charge is -2.29. The summed E-state index contributed by atoms with van der Waals surface area (Å²) >= 11 is 3.44. The molecule has 0 aromatic heterocycles. The summed E-state index contributed by atoms with van der Waals surface area (Å²) in [6, 6.07) is 8.09. The van der Waals surface area contributed by atoms with Gasteiger partial charge < -0.3 is 10.2 Å². The maximum Gasteiger partial charge on any atom is 0.100 e. The Bertz CT molecular complexity index is 447. The molecule has 2 rings (SSSR count). The van der Waals surface area contributed by atoms with Crippen molar-refractivity contribution in [3.8, 4) is 6.07 Å². The molecule has 4 heteroatoms. The minimum Gasteiger partial charge on any atom is -0.374 e. The molecule has 1 aliphatic rings. The van der Waals surface area contributed by atoms with Gasteiger partial charge in [0, 0.05) is 23.8 Å². The molecule has 96 valence electrons. The first kappa shape index (κ1) is 13.4. The summed E-state index contributed by atoms with van der Waals surface area (Å²) in [7, 11) is 2.12. The number of nitrogens with one attached hydrogen (secondary N) is 1. The van der Waals surface area contributed by atoms with Crippen molar-refractivity contribution >= 4 is 21.6 Å². The maximum atomic E-state index is 8.91. The van der Waals surface area contributed by atoms with Crippen LogP contribution in [0.2, 0.25) is 0 Å². The van der Waals surface area contributed by atoms with Gasteiger partial charge >= 0.3 is 0 Å². The molecule has 1 heterocycles. The molecule has 1 fully saturated rings. The molecular formula is C14H18BrN3. The highest BCUT2D eigenvalue weighted by Crippen LogP contribution is 2.24. The van der Waals surface area contributed by atoms with Crippen molar-refractivity contribution in [1.82, 2.24) is 5.32 Å². The van der Waals surface area contributed by atoms with Crippen LogP contribution in [-0.4, -0.2) is 26.7 Å². The van der Waals surface area contributed by atoms with Gasteiger partial charge in [-0.25, -0.2) is 0 Å². The van der Waals surface area contributed by atoms with Gasteiger partial charge in [0.25, 0.3) is 0 Å². The minimum absolute atomic E-state index is 0.689. The second kappa shape index (κ2) is 6.21. The Morgan fingerprint density at radius 2 is 2.17 bits per heavy atom. The lowest BCUT2D eigenvalue weighted by Crippen LogP contribution is -2.34. The smallest absolute Gasteiger partial charge is 0.100 e. The molecule has 0 atom stereocenters. The molecule has 18 heavy (non-hydrogen) atoms. The van der Waals surface area contributed by atoms with Crippen LogP contribution in [0.4, 0.5) is 5.69 Å². The molecule has 0 radical (unpaired) electrons. The molecule has 0 amide bonds.